The molecule has 1 unspecified atom stereocenters. The molecular weight excluding hydrogens is 581 g/mol. The Kier molecular flexibility index (Phi) is 7.48. The number of anilines is 2. The van der Waals surface area contributed by atoms with Crippen LogP contribution in [0, 0.1) is 0 Å². The van der Waals surface area contributed by atoms with Gasteiger partial charge in [0, 0.05) is 39.8 Å². The molecule has 0 fully saturated rings. The summed E-state index contributed by atoms with van der Waals surface area (Å²) in [7, 11) is 0. The quantitative estimate of drug-likeness (QED) is 0.137. The molecule has 6 aromatic rings. The lowest BCUT2D eigenvalue weighted by molar-refractivity contribution is 0.546. The average Bonchev–Trinajstić information content (AvgIpc) is 3.63. The van der Waals surface area contributed by atoms with E-state index in [4.69, 9.17) is 0 Å². The number of benzene rings is 5. The molecular formula is C46H44N2. The molecule has 2 nitrogen and oxygen atoms in total. The molecule has 1 aromatic heterocycles. The standard InChI is InChI=1S/C46H44N2/c1-31(33-21-25-36(26-22-33)46(3,4)5)19-20-32(2)47-42-17-11-9-15-38(42)40-29-34(23-27-44(40)47)35-24-28-45-41(30-35)39-16-10-12-18-43(39)48(45)37-13-7-6-8-14-37/h6-15,17,19-30,39,43H,16,18H2,1-5H3/b31-19+,32-20+/t39?,43-/m1/s1. The van der Waals surface area contributed by atoms with E-state index in [1.807, 2.05) is 0 Å². The maximum Gasteiger partial charge on any atom is 0.0538 e. The number of nitrogens with zero attached hydrogens (tertiary/aromatic N) is 2. The molecule has 0 N–H and O–H groups in total. The van der Waals surface area contributed by atoms with Gasteiger partial charge in [0.1, 0.15) is 0 Å². The van der Waals surface area contributed by atoms with Gasteiger partial charge >= 0.3 is 0 Å². The lowest BCUT2D eigenvalue weighted by Gasteiger charge is -2.31. The predicted octanol–water partition coefficient (Wildman–Crippen LogP) is 12.7. The predicted molar refractivity (Wildman–Crippen MR) is 207 cm³/mol. The second-order valence-corrected chi connectivity index (χ2v) is 14.7. The summed E-state index contributed by atoms with van der Waals surface area (Å²) < 4.78 is 2.42. The Morgan fingerprint density at radius 1 is 0.667 bits per heavy atom. The molecule has 0 amide bonds. The molecule has 1 aliphatic carbocycles. The van der Waals surface area contributed by atoms with Gasteiger partial charge in [-0.1, -0.05) is 112 Å². The molecule has 0 bridgehead atoms. The number of hydrogen-bond acceptors (Lipinski definition) is 1. The van der Waals surface area contributed by atoms with E-state index in [1.165, 1.54) is 72.3 Å². The van der Waals surface area contributed by atoms with Gasteiger partial charge in [0.15, 0.2) is 0 Å². The fourth-order valence-electron chi connectivity index (χ4n) is 7.95. The van der Waals surface area contributed by atoms with Crippen LogP contribution in [0.4, 0.5) is 11.4 Å². The third-order valence-corrected chi connectivity index (χ3v) is 10.6. The number of aromatic nitrogens is 1. The lowest BCUT2D eigenvalue weighted by Crippen LogP contribution is -2.30. The van der Waals surface area contributed by atoms with Crippen molar-refractivity contribution in [3.8, 4) is 11.1 Å². The number of para-hydroxylation sites is 2. The molecule has 2 heteroatoms. The Balaban J connectivity index is 1.17. The first kappa shape index (κ1) is 30.3. The Morgan fingerprint density at radius 3 is 2.15 bits per heavy atom. The van der Waals surface area contributed by atoms with Gasteiger partial charge in [-0.2, -0.15) is 0 Å². The van der Waals surface area contributed by atoms with E-state index < -0.39 is 0 Å². The van der Waals surface area contributed by atoms with E-state index in [0.29, 0.717) is 12.0 Å². The van der Waals surface area contributed by atoms with Crippen LogP contribution in [0.2, 0.25) is 0 Å². The molecule has 48 heavy (non-hydrogen) atoms. The maximum atomic E-state index is 2.58. The SMILES string of the molecule is C/C(=C\C=C(/C)n1c2ccccc2c2cc(-c3ccc4c(c3)C3CC=CC[C@H]3N4c3ccccc3)ccc21)c1ccc(C(C)(C)C)cc1. The van der Waals surface area contributed by atoms with Crippen LogP contribution < -0.4 is 4.90 Å². The third kappa shape index (κ3) is 5.21. The molecule has 238 valence electrons. The van der Waals surface area contributed by atoms with Gasteiger partial charge in [0.25, 0.3) is 0 Å². The summed E-state index contributed by atoms with van der Waals surface area (Å²) in [4.78, 5) is 2.58. The van der Waals surface area contributed by atoms with E-state index in [9.17, 15) is 0 Å². The van der Waals surface area contributed by atoms with Gasteiger partial charge in [-0.25, -0.2) is 0 Å². The first-order valence-corrected chi connectivity index (χ1v) is 17.4. The third-order valence-electron chi connectivity index (χ3n) is 10.6. The molecule has 2 aliphatic rings. The van der Waals surface area contributed by atoms with Crippen LogP contribution in [0.1, 0.15) is 70.1 Å². The molecule has 0 radical (unpaired) electrons. The average molecular weight is 625 g/mol. The molecule has 1 aliphatic heterocycles. The second-order valence-electron chi connectivity index (χ2n) is 14.7. The summed E-state index contributed by atoms with van der Waals surface area (Å²) in [5.74, 6) is 0.511. The minimum Gasteiger partial charge on any atom is -0.337 e. The van der Waals surface area contributed by atoms with Gasteiger partial charge in [-0.15, -0.1) is 0 Å². The highest BCUT2D eigenvalue weighted by atomic mass is 15.2. The minimum atomic E-state index is 0.156. The highest BCUT2D eigenvalue weighted by molar-refractivity contribution is 6.11. The molecule has 5 aromatic carbocycles. The van der Waals surface area contributed by atoms with Crippen molar-refractivity contribution in [1.82, 2.24) is 4.57 Å². The summed E-state index contributed by atoms with van der Waals surface area (Å²) in [5, 5.41) is 2.58. The topological polar surface area (TPSA) is 8.17 Å². The lowest BCUT2D eigenvalue weighted by atomic mass is 9.85. The van der Waals surface area contributed by atoms with Crippen LogP contribution >= 0.6 is 0 Å². The second kappa shape index (κ2) is 11.9. The van der Waals surface area contributed by atoms with Crippen LogP contribution in [0.15, 0.2) is 140 Å². The number of allylic oxidation sites excluding steroid dienone is 5. The van der Waals surface area contributed by atoms with Gasteiger partial charge in [0.2, 0.25) is 0 Å². The van der Waals surface area contributed by atoms with E-state index in [0.717, 1.165) is 12.8 Å². The molecule has 8 rings (SSSR count). The van der Waals surface area contributed by atoms with Gasteiger partial charge in [-0.05, 0) is 114 Å². The Bertz CT molecular complexity index is 2240. The van der Waals surface area contributed by atoms with E-state index in [-0.39, 0.29) is 5.41 Å². The molecule has 0 saturated carbocycles. The van der Waals surface area contributed by atoms with E-state index in [2.05, 4.69) is 184 Å². The van der Waals surface area contributed by atoms with Crippen molar-refractivity contribution in [2.45, 2.75) is 64.8 Å². The number of hydrogen-bond donors (Lipinski definition) is 0. The zero-order valence-electron chi connectivity index (χ0n) is 28.7. The Morgan fingerprint density at radius 2 is 1.35 bits per heavy atom. The van der Waals surface area contributed by atoms with Crippen LogP contribution in [0.5, 0.6) is 0 Å². The van der Waals surface area contributed by atoms with Crippen molar-refractivity contribution in [1.29, 1.82) is 0 Å². The van der Waals surface area contributed by atoms with Crippen molar-refractivity contribution in [2.75, 3.05) is 4.90 Å². The van der Waals surface area contributed by atoms with Crippen molar-refractivity contribution >= 4 is 44.5 Å². The van der Waals surface area contributed by atoms with Crippen LogP contribution in [-0.4, -0.2) is 10.6 Å². The van der Waals surface area contributed by atoms with Crippen molar-refractivity contribution in [2.24, 2.45) is 0 Å². The summed E-state index contributed by atoms with van der Waals surface area (Å²) in [5.41, 5.74) is 14.4. The molecule has 0 spiro atoms. The number of fused-ring (bicyclic) bond motifs is 6. The first-order valence-electron chi connectivity index (χ1n) is 17.4. The van der Waals surface area contributed by atoms with E-state index >= 15 is 0 Å². The van der Waals surface area contributed by atoms with Crippen molar-refractivity contribution in [3.05, 3.63) is 156 Å². The fraction of sp³-hybridized carbons (Fsp3) is 0.217. The monoisotopic (exact) mass is 624 g/mol. The summed E-state index contributed by atoms with van der Waals surface area (Å²) in [6.45, 7) is 11.2. The summed E-state index contributed by atoms with van der Waals surface area (Å²) >= 11 is 0. The largest absolute Gasteiger partial charge is 0.337 e. The van der Waals surface area contributed by atoms with Gasteiger partial charge in [-0.3, -0.25) is 0 Å². The molecule has 2 atom stereocenters. The zero-order valence-corrected chi connectivity index (χ0v) is 28.7. The highest BCUT2D eigenvalue weighted by Crippen LogP contribution is 2.50. The molecule has 2 heterocycles. The highest BCUT2D eigenvalue weighted by Gasteiger charge is 2.39. The fourth-order valence-corrected chi connectivity index (χ4v) is 7.95. The summed E-state index contributed by atoms with van der Waals surface area (Å²) in [6, 6.07) is 43.4. The van der Waals surface area contributed by atoms with Crippen LogP contribution in [0.25, 0.3) is 44.2 Å². The Labute approximate surface area is 285 Å². The zero-order chi connectivity index (χ0) is 33.0. The van der Waals surface area contributed by atoms with Crippen LogP contribution in [0.3, 0.4) is 0 Å². The van der Waals surface area contributed by atoms with Gasteiger partial charge in [0.05, 0.1) is 11.0 Å². The normalized spacial score (nSPS) is 18.1. The van der Waals surface area contributed by atoms with Gasteiger partial charge < -0.3 is 9.47 Å². The Hall–Kier alpha value is -5.08. The first-order chi connectivity index (χ1) is 23.3. The maximum absolute atomic E-state index is 2.58. The van der Waals surface area contributed by atoms with Crippen molar-refractivity contribution in [3.63, 3.8) is 0 Å². The van der Waals surface area contributed by atoms with Crippen molar-refractivity contribution < 1.29 is 0 Å². The van der Waals surface area contributed by atoms with E-state index in [1.54, 1.807) is 0 Å². The minimum absolute atomic E-state index is 0.156. The smallest absolute Gasteiger partial charge is 0.0538 e. The number of rotatable bonds is 5. The molecule has 0 saturated heterocycles. The summed E-state index contributed by atoms with van der Waals surface area (Å²) in [6.07, 6.45) is 11.4. The van der Waals surface area contributed by atoms with Crippen LogP contribution in [-0.2, 0) is 5.41 Å².